The molecular weight excluding hydrogens is 660 g/mol. The van der Waals surface area contributed by atoms with Crippen molar-refractivity contribution in [2.24, 2.45) is 5.92 Å². The van der Waals surface area contributed by atoms with Crippen molar-refractivity contribution in [2.75, 3.05) is 26.1 Å². The number of aliphatic carboxylic acids is 1. The molecule has 3 heterocycles. The molecular formula is C41H44N4O7. The monoisotopic (exact) mass is 704 g/mol. The van der Waals surface area contributed by atoms with Crippen LogP contribution < -0.4 is 24.8 Å². The number of benzene rings is 3. The third-order valence-corrected chi connectivity index (χ3v) is 10.4. The SMILES string of the molecule is COc1cccc(N[C@H]2CCCCC/C=C\[C@@H]3C[C@@]3(C(=O)O)NC(=O)[C@@H]3C[C@@H](Oc4cc(-c5ccccc5)nc5cc(OC)ccc45)CN3C2=O)c1. The highest BCUT2D eigenvalue weighted by Crippen LogP contribution is 2.45. The smallest absolute Gasteiger partial charge is 0.330 e. The lowest BCUT2D eigenvalue weighted by molar-refractivity contribution is -0.145. The second-order valence-electron chi connectivity index (χ2n) is 13.8. The Hall–Kier alpha value is -5.58. The lowest BCUT2D eigenvalue weighted by Crippen LogP contribution is -2.55. The van der Waals surface area contributed by atoms with Crippen LogP contribution >= 0.6 is 0 Å². The number of carbonyl (C=O) groups is 3. The Kier molecular flexibility index (Phi) is 10.0. The van der Waals surface area contributed by atoms with E-state index in [4.69, 9.17) is 19.2 Å². The van der Waals surface area contributed by atoms with Crippen molar-refractivity contribution in [2.45, 2.75) is 68.7 Å². The van der Waals surface area contributed by atoms with E-state index in [-0.39, 0.29) is 24.8 Å². The number of fused-ring (bicyclic) bond motifs is 3. The molecule has 52 heavy (non-hydrogen) atoms. The highest BCUT2D eigenvalue weighted by molar-refractivity contribution is 5.96. The van der Waals surface area contributed by atoms with Gasteiger partial charge in [-0.3, -0.25) is 9.59 Å². The van der Waals surface area contributed by atoms with Crippen molar-refractivity contribution in [3.63, 3.8) is 0 Å². The summed E-state index contributed by atoms with van der Waals surface area (Å²) in [6, 6.07) is 23.1. The van der Waals surface area contributed by atoms with E-state index < -0.39 is 35.6 Å². The first-order chi connectivity index (χ1) is 25.3. The van der Waals surface area contributed by atoms with Gasteiger partial charge in [-0.2, -0.15) is 0 Å². The number of carbonyl (C=O) groups excluding carboxylic acids is 2. The summed E-state index contributed by atoms with van der Waals surface area (Å²) in [7, 11) is 3.20. The molecule has 11 nitrogen and oxygen atoms in total. The van der Waals surface area contributed by atoms with Gasteiger partial charge < -0.3 is 34.9 Å². The van der Waals surface area contributed by atoms with E-state index >= 15 is 0 Å². The van der Waals surface area contributed by atoms with Gasteiger partial charge in [0.1, 0.15) is 41.0 Å². The number of methoxy groups -OCH3 is 2. The Labute approximate surface area is 303 Å². The summed E-state index contributed by atoms with van der Waals surface area (Å²) in [5, 5.41) is 17.3. The van der Waals surface area contributed by atoms with Crippen molar-refractivity contribution >= 4 is 34.4 Å². The lowest BCUT2D eigenvalue weighted by Gasteiger charge is -2.30. The number of aromatic nitrogens is 1. The van der Waals surface area contributed by atoms with E-state index in [9.17, 15) is 19.5 Å². The van der Waals surface area contributed by atoms with Gasteiger partial charge in [-0.05, 0) is 49.9 Å². The van der Waals surface area contributed by atoms with Crippen molar-refractivity contribution in [1.82, 2.24) is 15.2 Å². The highest BCUT2D eigenvalue weighted by atomic mass is 16.5. The number of allylic oxidation sites excluding steroid dienone is 1. The maximum Gasteiger partial charge on any atom is 0.330 e. The van der Waals surface area contributed by atoms with Crippen molar-refractivity contribution in [3.05, 3.63) is 91.0 Å². The Morgan fingerprint density at radius 3 is 2.56 bits per heavy atom. The number of hydrogen-bond acceptors (Lipinski definition) is 8. The second-order valence-corrected chi connectivity index (χ2v) is 13.8. The second kappa shape index (κ2) is 15.0. The number of nitrogens with one attached hydrogen (secondary N) is 2. The van der Waals surface area contributed by atoms with Gasteiger partial charge in [0.15, 0.2) is 0 Å². The normalized spacial score (nSPS) is 25.5. The minimum Gasteiger partial charge on any atom is -0.497 e. The average molecular weight is 705 g/mol. The lowest BCUT2D eigenvalue weighted by atomic mass is 10.0. The van der Waals surface area contributed by atoms with Gasteiger partial charge in [0.25, 0.3) is 0 Å². The van der Waals surface area contributed by atoms with E-state index in [1.54, 1.807) is 19.1 Å². The zero-order chi connectivity index (χ0) is 36.2. The first-order valence-corrected chi connectivity index (χ1v) is 17.9. The summed E-state index contributed by atoms with van der Waals surface area (Å²) < 4.78 is 17.7. The molecule has 1 aliphatic carbocycles. The summed E-state index contributed by atoms with van der Waals surface area (Å²) in [6.45, 7) is 0.136. The summed E-state index contributed by atoms with van der Waals surface area (Å²) in [4.78, 5) is 47.9. The summed E-state index contributed by atoms with van der Waals surface area (Å²) in [6.07, 6.45) is 7.81. The van der Waals surface area contributed by atoms with Crippen LogP contribution in [0, 0.1) is 5.92 Å². The van der Waals surface area contributed by atoms with Gasteiger partial charge >= 0.3 is 5.97 Å². The molecule has 0 spiro atoms. The fourth-order valence-electron chi connectivity index (χ4n) is 7.40. The highest BCUT2D eigenvalue weighted by Gasteiger charge is 2.61. The number of anilines is 1. The first kappa shape index (κ1) is 34.9. The number of ether oxygens (including phenoxy) is 3. The molecule has 2 aliphatic heterocycles. The Morgan fingerprint density at radius 2 is 1.77 bits per heavy atom. The van der Waals surface area contributed by atoms with Crippen molar-refractivity contribution in [3.8, 4) is 28.5 Å². The molecule has 5 atom stereocenters. The van der Waals surface area contributed by atoms with Crippen LogP contribution in [-0.2, 0) is 14.4 Å². The molecule has 3 aromatic carbocycles. The number of rotatable bonds is 8. The number of hydrogen-bond donors (Lipinski definition) is 3. The molecule has 0 radical (unpaired) electrons. The van der Waals surface area contributed by atoms with Gasteiger partial charge in [0.2, 0.25) is 11.8 Å². The van der Waals surface area contributed by atoms with Gasteiger partial charge in [0, 0.05) is 47.2 Å². The minimum atomic E-state index is -1.40. The van der Waals surface area contributed by atoms with Crippen LogP contribution in [0.2, 0.25) is 0 Å². The number of amides is 2. The molecule has 2 fully saturated rings. The average Bonchev–Trinajstić information content (AvgIpc) is 3.70. The molecule has 4 aromatic rings. The van der Waals surface area contributed by atoms with Crippen LogP contribution in [0.25, 0.3) is 22.2 Å². The zero-order valence-electron chi connectivity index (χ0n) is 29.4. The Morgan fingerprint density at radius 1 is 0.962 bits per heavy atom. The number of nitrogens with zero attached hydrogens (tertiary/aromatic N) is 2. The molecule has 7 rings (SSSR count). The predicted octanol–water partition coefficient (Wildman–Crippen LogP) is 6.23. The quantitative estimate of drug-likeness (QED) is 0.182. The third kappa shape index (κ3) is 7.26. The molecule has 0 bridgehead atoms. The molecule has 11 heteroatoms. The van der Waals surface area contributed by atoms with E-state index in [0.29, 0.717) is 41.3 Å². The predicted molar refractivity (Wildman–Crippen MR) is 198 cm³/mol. The molecule has 2 amide bonds. The maximum absolute atomic E-state index is 14.6. The Balaban J connectivity index is 1.23. The minimum absolute atomic E-state index is 0.136. The number of carboxylic acids is 1. The topological polar surface area (TPSA) is 139 Å². The van der Waals surface area contributed by atoms with Crippen LogP contribution in [-0.4, -0.2) is 77.3 Å². The van der Waals surface area contributed by atoms with Gasteiger partial charge in [-0.25, -0.2) is 9.78 Å². The van der Waals surface area contributed by atoms with E-state index in [1.165, 1.54) is 0 Å². The summed E-state index contributed by atoms with van der Waals surface area (Å²) >= 11 is 0. The fraction of sp³-hybridized carbons (Fsp3) is 0.366. The van der Waals surface area contributed by atoms with Crippen LogP contribution in [0.5, 0.6) is 17.2 Å². The largest absolute Gasteiger partial charge is 0.497 e. The fourth-order valence-corrected chi connectivity index (χ4v) is 7.40. The standard InChI is InChI=1S/C41H44N4O7/c1-50-29-16-11-15-28(20-29)42-33-17-10-5-3-4-9-14-27-24-41(27,40(48)49)44-38(46)36-22-31(25-45(36)39(33)47)52-37-23-34(26-12-7-6-8-13-26)43-35-21-30(51-2)18-19-32(35)37/h6-9,11-16,18-21,23,27,31,33,36,42H,3-5,10,17,22,24-25H2,1-2H3,(H,44,46)(H,48,49)/b14-9-/t27-,31-,33+,36+,41-/m1/s1. The number of pyridine rings is 1. The van der Waals surface area contributed by atoms with Crippen LogP contribution in [0.3, 0.4) is 0 Å². The third-order valence-electron chi connectivity index (χ3n) is 10.4. The molecule has 1 aromatic heterocycles. The molecule has 0 unspecified atom stereocenters. The number of carboxylic acid groups (broad SMARTS) is 1. The van der Waals surface area contributed by atoms with Gasteiger partial charge in [-0.1, -0.05) is 61.4 Å². The first-order valence-electron chi connectivity index (χ1n) is 17.9. The van der Waals surface area contributed by atoms with Crippen LogP contribution in [0.1, 0.15) is 44.9 Å². The van der Waals surface area contributed by atoms with E-state index in [0.717, 1.165) is 42.3 Å². The molecule has 3 aliphatic rings. The van der Waals surface area contributed by atoms with Crippen molar-refractivity contribution in [1.29, 1.82) is 0 Å². The maximum atomic E-state index is 14.6. The van der Waals surface area contributed by atoms with Crippen molar-refractivity contribution < 1.29 is 33.7 Å². The molecule has 3 N–H and O–H groups in total. The zero-order valence-corrected chi connectivity index (χ0v) is 29.4. The molecule has 1 saturated carbocycles. The summed E-state index contributed by atoms with van der Waals surface area (Å²) in [5.41, 5.74) is 1.62. The summed E-state index contributed by atoms with van der Waals surface area (Å²) in [5.74, 6) is -0.254. The van der Waals surface area contributed by atoms with Crippen LogP contribution in [0.15, 0.2) is 91.0 Å². The van der Waals surface area contributed by atoms with E-state index in [2.05, 4.69) is 10.6 Å². The van der Waals surface area contributed by atoms with E-state index in [1.807, 2.05) is 91.0 Å². The molecule has 1 saturated heterocycles. The van der Waals surface area contributed by atoms with Gasteiger partial charge in [-0.15, -0.1) is 0 Å². The van der Waals surface area contributed by atoms with Gasteiger partial charge in [0.05, 0.1) is 32.0 Å². The molecule has 270 valence electrons. The Bertz CT molecular complexity index is 1980. The van der Waals surface area contributed by atoms with Crippen LogP contribution in [0.4, 0.5) is 5.69 Å².